The molecular formula is C12H17ClN2OS. The largest absolute Gasteiger partial charge is 0.389 e. The van der Waals surface area contributed by atoms with Crippen LogP contribution in [0.2, 0.25) is 5.02 Å². The van der Waals surface area contributed by atoms with Gasteiger partial charge in [-0.1, -0.05) is 23.8 Å². The minimum Gasteiger partial charge on any atom is -0.389 e. The van der Waals surface area contributed by atoms with E-state index >= 15 is 0 Å². The van der Waals surface area contributed by atoms with E-state index in [0.29, 0.717) is 16.6 Å². The van der Waals surface area contributed by atoms with Crippen molar-refractivity contribution < 1.29 is 4.74 Å². The Balaban J connectivity index is 2.74. The third-order valence-corrected chi connectivity index (χ3v) is 2.96. The van der Waals surface area contributed by atoms with Crippen LogP contribution < -0.4 is 10.6 Å². The molecule has 0 saturated carbocycles. The maximum atomic E-state index is 6.18. The molecule has 0 aliphatic rings. The first-order chi connectivity index (χ1) is 8.06. The SMILES string of the molecule is CCOCCN(C)c1ccc(C(N)=S)cc1Cl. The number of rotatable bonds is 6. The number of thiocarbonyl (C=S) groups is 1. The third kappa shape index (κ3) is 4.15. The van der Waals surface area contributed by atoms with Crippen LogP contribution in [0.3, 0.4) is 0 Å². The second kappa shape index (κ2) is 6.79. The molecule has 0 aliphatic heterocycles. The van der Waals surface area contributed by atoms with Gasteiger partial charge in [-0.2, -0.15) is 0 Å². The molecule has 3 nitrogen and oxygen atoms in total. The zero-order valence-electron chi connectivity index (χ0n) is 10.1. The molecule has 0 radical (unpaired) electrons. The lowest BCUT2D eigenvalue weighted by molar-refractivity contribution is 0.154. The highest BCUT2D eigenvalue weighted by Crippen LogP contribution is 2.25. The number of halogens is 1. The van der Waals surface area contributed by atoms with Gasteiger partial charge >= 0.3 is 0 Å². The fourth-order valence-corrected chi connectivity index (χ4v) is 1.89. The first-order valence-corrected chi connectivity index (χ1v) is 6.23. The Bertz CT molecular complexity index is 398. The van der Waals surface area contributed by atoms with Crippen LogP contribution in [0, 0.1) is 0 Å². The van der Waals surface area contributed by atoms with Crippen LogP contribution in [-0.2, 0) is 4.74 Å². The summed E-state index contributed by atoms with van der Waals surface area (Å²) in [6.07, 6.45) is 0. The molecule has 1 aromatic carbocycles. The molecule has 5 heteroatoms. The number of hydrogen-bond donors (Lipinski definition) is 1. The van der Waals surface area contributed by atoms with Gasteiger partial charge in [-0.3, -0.25) is 0 Å². The Kier molecular flexibility index (Phi) is 5.68. The van der Waals surface area contributed by atoms with E-state index in [1.54, 1.807) is 6.07 Å². The van der Waals surface area contributed by atoms with Crippen molar-refractivity contribution in [2.24, 2.45) is 5.73 Å². The molecule has 0 bridgehead atoms. The minimum atomic E-state index is 0.357. The molecule has 0 unspecified atom stereocenters. The van der Waals surface area contributed by atoms with Crippen LogP contribution in [0.1, 0.15) is 12.5 Å². The Morgan fingerprint density at radius 1 is 1.53 bits per heavy atom. The molecule has 0 atom stereocenters. The van der Waals surface area contributed by atoms with Crippen molar-refractivity contribution in [3.05, 3.63) is 28.8 Å². The van der Waals surface area contributed by atoms with Gasteiger partial charge in [-0.25, -0.2) is 0 Å². The van der Waals surface area contributed by atoms with Crippen LogP contribution in [0.4, 0.5) is 5.69 Å². The molecule has 0 fully saturated rings. The number of nitrogens with zero attached hydrogens (tertiary/aromatic N) is 1. The summed E-state index contributed by atoms with van der Waals surface area (Å²) in [5.41, 5.74) is 7.28. The van der Waals surface area contributed by atoms with Crippen LogP contribution in [0.25, 0.3) is 0 Å². The standard InChI is InChI=1S/C12H17ClN2OS/c1-3-16-7-6-15(2)11-5-4-9(12(14)17)8-10(11)13/h4-5,8H,3,6-7H2,1-2H3,(H2,14,17). The number of ether oxygens (including phenoxy) is 1. The normalized spacial score (nSPS) is 10.3. The number of nitrogens with two attached hydrogens (primary N) is 1. The molecule has 1 aromatic rings. The lowest BCUT2D eigenvalue weighted by Crippen LogP contribution is -2.23. The number of hydrogen-bond acceptors (Lipinski definition) is 3. The highest BCUT2D eigenvalue weighted by molar-refractivity contribution is 7.80. The van der Waals surface area contributed by atoms with Crippen LogP contribution in [-0.4, -0.2) is 31.8 Å². The molecule has 0 amide bonds. The molecule has 0 saturated heterocycles. The summed E-state index contributed by atoms with van der Waals surface area (Å²) in [6.45, 7) is 4.17. The summed E-state index contributed by atoms with van der Waals surface area (Å²) < 4.78 is 5.30. The Labute approximate surface area is 112 Å². The second-order valence-corrected chi connectivity index (χ2v) is 4.50. The third-order valence-electron chi connectivity index (χ3n) is 2.42. The average molecular weight is 273 g/mol. The van der Waals surface area contributed by atoms with Crippen molar-refractivity contribution in [3.63, 3.8) is 0 Å². The van der Waals surface area contributed by atoms with Crippen molar-refractivity contribution in [1.29, 1.82) is 0 Å². The van der Waals surface area contributed by atoms with Gasteiger partial charge in [0, 0.05) is 25.8 Å². The van der Waals surface area contributed by atoms with Crippen molar-refractivity contribution in [2.45, 2.75) is 6.92 Å². The van der Waals surface area contributed by atoms with Gasteiger partial charge in [0.1, 0.15) is 4.99 Å². The van der Waals surface area contributed by atoms with Gasteiger partial charge in [0.15, 0.2) is 0 Å². The lowest BCUT2D eigenvalue weighted by atomic mass is 10.2. The number of anilines is 1. The maximum absolute atomic E-state index is 6.18. The first-order valence-electron chi connectivity index (χ1n) is 5.44. The van der Waals surface area contributed by atoms with E-state index in [4.69, 9.17) is 34.3 Å². The first kappa shape index (κ1) is 14.2. The zero-order chi connectivity index (χ0) is 12.8. The predicted molar refractivity (Wildman–Crippen MR) is 77.1 cm³/mol. The molecule has 94 valence electrons. The highest BCUT2D eigenvalue weighted by atomic mass is 35.5. The summed E-state index contributed by atoms with van der Waals surface area (Å²) >= 11 is 11.1. The molecule has 2 N–H and O–H groups in total. The maximum Gasteiger partial charge on any atom is 0.104 e. The van der Waals surface area contributed by atoms with Crippen LogP contribution in [0.15, 0.2) is 18.2 Å². The summed E-state index contributed by atoms with van der Waals surface area (Å²) in [4.78, 5) is 2.40. The Morgan fingerprint density at radius 2 is 2.24 bits per heavy atom. The van der Waals surface area contributed by atoms with Crippen LogP contribution >= 0.6 is 23.8 Å². The summed E-state index contributed by atoms with van der Waals surface area (Å²) in [5, 5.41) is 0.647. The van der Waals surface area contributed by atoms with Gasteiger partial charge in [-0.15, -0.1) is 0 Å². The van der Waals surface area contributed by atoms with E-state index in [2.05, 4.69) is 0 Å². The van der Waals surface area contributed by atoms with Gasteiger partial charge in [0.2, 0.25) is 0 Å². The molecule has 17 heavy (non-hydrogen) atoms. The minimum absolute atomic E-state index is 0.357. The summed E-state index contributed by atoms with van der Waals surface area (Å²) in [6, 6.07) is 5.58. The fraction of sp³-hybridized carbons (Fsp3) is 0.417. The van der Waals surface area contributed by atoms with E-state index < -0.39 is 0 Å². The van der Waals surface area contributed by atoms with E-state index in [0.717, 1.165) is 24.4 Å². The Hall–Kier alpha value is -0.840. The highest BCUT2D eigenvalue weighted by Gasteiger charge is 2.07. The summed E-state index contributed by atoms with van der Waals surface area (Å²) in [7, 11) is 1.97. The average Bonchev–Trinajstić information content (AvgIpc) is 2.28. The molecule has 0 aliphatic carbocycles. The van der Waals surface area contributed by atoms with Gasteiger partial charge in [0.05, 0.1) is 17.3 Å². The molecule has 0 spiro atoms. The van der Waals surface area contributed by atoms with E-state index in [9.17, 15) is 0 Å². The lowest BCUT2D eigenvalue weighted by Gasteiger charge is -2.20. The Morgan fingerprint density at radius 3 is 2.76 bits per heavy atom. The number of likely N-dealkylation sites (N-methyl/N-ethyl adjacent to an activating group) is 1. The summed E-state index contributed by atoms with van der Waals surface area (Å²) in [5.74, 6) is 0. The van der Waals surface area contributed by atoms with Crippen molar-refractivity contribution in [3.8, 4) is 0 Å². The number of benzene rings is 1. The van der Waals surface area contributed by atoms with E-state index in [1.165, 1.54) is 0 Å². The molecular weight excluding hydrogens is 256 g/mol. The van der Waals surface area contributed by atoms with Crippen molar-refractivity contribution in [1.82, 2.24) is 0 Å². The smallest absolute Gasteiger partial charge is 0.104 e. The van der Waals surface area contributed by atoms with E-state index in [1.807, 2.05) is 31.0 Å². The molecule has 0 aromatic heterocycles. The van der Waals surface area contributed by atoms with Crippen molar-refractivity contribution in [2.75, 3.05) is 31.7 Å². The van der Waals surface area contributed by atoms with Crippen LogP contribution in [0.5, 0.6) is 0 Å². The molecule has 1 rings (SSSR count). The quantitative estimate of drug-likeness (QED) is 0.638. The fourth-order valence-electron chi connectivity index (χ4n) is 1.44. The predicted octanol–water partition coefficient (Wildman–Crippen LogP) is 2.45. The monoisotopic (exact) mass is 272 g/mol. The van der Waals surface area contributed by atoms with Gasteiger partial charge in [0.25, 0.3) is 0 Å². The molecule has 0 heterocycles. The van der Waals surface area contributed by atoms with E-state index in [-0.39, 0.29) is 0 Å². The zero-order valence-corrected chi connectivity index (χ0v) is 11.6. The topological polar surface area (TPSA) is 38.5 Å². The van der Waals surface area contributed by atoms with Gasteiger partial charge < -0.3 is 15.4 Å². The second-order valence-electron chi connectivity index (χ2n) is 3.65. The van der Waals surface area contributed by atoms with Gasteiger partial charge in [-0.05, 0) is 25.1 Å². The van der Waals surface area contributed by atoms with Crippen molar-refractivity contribution >= 4 is 34.5 Å².